The summed E-state index contributed by atoms with van der Waals surface area (Å²) in [6.45, 7) is 0.874. The van der Waals surface area contributed by atoms with E-state index in [0.717, 1.165) is 13.0 Å². The molecule has 1 aromatic carbocycles. The van der Waals surface area contributed by atoms with Gasteiger partial charge in [0, 0.05) is 17.5 Å². The Bertz CT molecular complexity index is 798. The lowest BCUT2D eigenvalue weighted by Gasteiger charge is -2.21. The number of hydrogen-bond donors (Lipinski definition) is 1. The van der Waals surface area contributed by atoms with E-state index in [9.17, 15) is 4.39 Å². The number of thiophene rings is 1. The maximum absolute atomic E-state index is 13.4. The third-order valence-corrected chi connectivity index (χ3v) is 4.74. The van der Waals surface area contributed by atoms with Crippen molar-refractivity contribution in [2.24, 2.45) is 0 Å². The Morgan fingerprint density at radius 1 is 1.45 bits per heavy atom. The fourth-order valence-corrected chi connectivity index (χ4v) is 3.73. The number of nitrogens with zero attached hydrogens (tertiary/aromatic N) is 1. The lowest BCUT2D eigenvalue weighted by Crippen LogP contribution is -2.29. The van der Waals surface area contributed by atoms with E-state index in [1.54, 1.807) is 11.3 Å². The normalized spacial score (nSPS) is 18.4. The number of nitrogens with one attached hydrogen (secondary N) is 1. The van der Waals surface area contributed by atoms with Crippen molar-refractivity contribution < 1.29 is 8.81 Å². The van der Waals surface area contributed by atoms with Gasteiger partial charge >= 0.3 is 0 Å². The number of benzene rings is 1. The SMILES string of the molecule is Fc1cc(Cl)c2oc(C3NCCc4sccc43)nc2c1. The molecule has 0 aliphatic carbocycles. The fraction of sp³-hybridized carbons (Fsp3) is 0.214. The molecule has 1 unspecified atom stereocenters. The van der Waals surface area contributed by atoms with Crippen LogP contribution >= 0.6 is 22.9 Å². The summed E-state index contributed by atoms with van der Waals surface area (Å²) in [5.41, 5.74) is 2.07. The molecular formula is C14H10ClFN2OS. The van der Waals surface area contributed by atoms with Crippen LogP contribution in [-0.2, 0) is 6.42 Å². The van der Waals surface area contributed by atoms with Gasteiger partial charge in [-0.2, -0.15) is 0 Å². The molecule has 0 amide bonds. The van der Waals surface area contributed by atoms with Gasteiger partial charge in [-0.25, -0.2) is 9.37 Å². The van der Waals surface area contributed by atoms with E-state index < -0.39 is 5.82 Å². The van der Waals surface area contributed by atoms with Crippen LogP contribution in [0, 0.1) is 5.82 Å². The smallest absolute Gasteiger partial charge is 0.217 e. The Morgan fingerprint density at radius 2 is 2.35 bits per heavy atom. The monoisotopic (exact) mass is 308 g/mol. The zero-order chi connectivity index (χ0) is 13.7. The molecule has 3 aromatic rings. The van der Waals surface area contributed by atoms with Crippen molar-refractivity contribution in [2.45, 2.75) is 12.5 Å². The van der Waals surface area contributed by atoms with Gasteiger partial charge in [-0.05, 0) is 29.5 Å². The molecule has 20 heavy (non-hydrogen) atoms. The molecular weight excluding hydrogens is 299 g/mol. The molecule has 3 heterocycles. The third kappa shape index (κ3) is 1.85. The molecule has 3 nitrogen and oxygen atoms in total. The molecule has 6 heteroatoms. The maximum atomic E-state index is 13.4. The van der Waals surface area contributed by atoms with E-state index in [-0.39, 0.29) is 11.1 Å². The molecule has 0 saturated carbocycles. The first-order valence-electron chi connectivity index (χ1n) is 6.27. The zero-order valence-corrected chi connectivity index (χ0v) is 11.9. The highest BCUT2D eigenvalue weighted by molar-refractivity contribution is 7.10. The van der Waals surface area contributed by atoms with E-state index in [2.05, 4.69) is 21.7 Å². The van der Waals surface area contributed by atoms with E-state index in [1.165, 1.54) is 22.6 Å². The van der Waals surface area contributed by atoms with Gasteiger partial charge in [-0.1, -0.05) is 11.6 Å². The van der Waals surface area contributed by atoms with Gasteiger partial charge in [-0.15, -0.1) is 11.3 Å². The minimum atomic E-state index is -0.407. The molecule has 0 saturated heterocycles. The van der Waals surface area contributed by atoms with Crippen molar-refractivity contribution in [2.75, 3.05) is 6.54 Å². The summed E-state index contributed by atoms with van der Waals surface area (Å²) in [6, 6.07) is 4.57. The van der Waals surface area contributed by atoms with Crippen molar-refractivity contribution in [3.05, 3.63) is 50.8 Å². The Hall–Kier alpha value is -1.43. The molecule has 0 radical (unpaired) electrons. The summed E-state index contributed by atoms with van der Waals surface area (Å²) in [6.07, 6.45) is 1.01. The number of rotatable bonds is 1. The van der Waals surface area contributed by atoms with Crippen LogP contribution in [0.15, 0.2) is 28.0 Å². The summed E-state index contributed by atoms with van der Waals surface area (Å²) < 4.78 is 19.1. The number of hydrogen-bond acceptors (Lipinski definition) is 4. The minimum absolute atomic E-state index is 0.0865. The number of oxazole rings is 1. The van der Waals surface area contributed by atoms with Crippen molar-refractivity contribution in [3.63, 3.8) is 0 Å². The first-order chi connectivity index (χ1) is 9.72. The van der Waals surface area contributed by atoms with Crippen LogP contribution in [0.2, 0.25) is 5.02 Å². The van der Waals surface area contributed by atoms with E-state index in [1.807, 2.05) is 0 Å². The Balaban J connectivity index is 1.86. The number of aromatic nitrogens is 1. The lowest BCUT2D eigenvalue weighted by atomic mass is 10.0. The first-order valence-corrected chi connectivity index (χ1v) is 7.53. The topological polar surface area (TPSA) is 38.1 Å². The molecule has 1 aliphatic heterocycles. The Labute approximate surface area is 123 Å². The number of halogens is 2. The standard InChI is InChI=1S/C14H10ClFN2OS/c15-9-5-7(16)6-10-13(9)19-14(18-10)12-8-2-4-20-11(8)1-3-17-12/h2,4-6,12,17H,1,3H2. The number of fused-ring (bicyclic) bond motifs is 2. The summed E-state index contributed by atoms with van der Waals surface area (Å²) in [5, 5.41) is 5.71. The average Bonchev–Trinajstić information content (AvgIpc) is 3.03. The van der Waals surface area contributed by atoms with Crippen LogP contribution < -0.4 is 5.32 Å². The van der Waals surface area contributed by atoms with Gasteiger partial charge in [0.05, 0.1) is 5.02 Å². The highest BCUT2D eigenvalue weighted by Crippen LogP contribution is 2.34. The summed E-state index contributed by atoms with van der Waals surface area (Å²) >= 11 is 7.74. The molecule has 2 aromatic heterocycles. The summed E-state index contributed by atoms with van der Waals surface area (Å²) in [5.74, 6) is 0.127. The molecule has 102 valence electrons. The van der Waals surface area contributed by atoms with Gasteiger partial charge in [0.1, 0.15) is 17.4 Å². The predicted molar refractivity (Wildman–Crippen MR) is 76.8 cm³/mol. The van der Waals surface area contributed by atoms with Crippen molar-refractivity contribution in [1.29, 1.82) is 0 Å². The van der Waals surface area contributed by atoms with Gasteiger partial charge in [0.15, 0.2) is 5.58 Å². The van der Waals surface area contributed by atoms with Crippen LogP contribution in [0.3, 0.4) is 0 Å². The molecule has 0 spiro atoms. The van der Waals surface area contributed by atoms with Gasteiger partial charge in [0.25, 0.3) is 0 Å². The Kier molecular flexibility index (Phi) is 2.80. The summed E-state index contributed by atoms with van der Waals surface area (Å²) in [4.78, 5) is 5.73. The molecule has 0 bridgehead atoms. The molecule has 1 N–H and O–H groups in total. The highest BCUT2D eigenvalue weighted by Gasteiger charge is 2.27. The van der Waals surface area contributed by atoms with E-state index in [4.69, 9.17) is 16.0 Å². The second-order valence-corrected chi connectivity index (χ2v) is 6.13. The van der Waals surface area contributed by atoms with Crippen LogP contribution in [0.5, 0.6) is 0 Å². The fourth-order valence-electron chi connectivity index (χ4n) is 2.57. The largest absolute Gasteiger partial charge is 0.437 e. The van der Waals surface area contributed by atoms with Crippen LogP contribution in [0.25, 0.3) is 11.1 Å². The van der Waals surface area contributed by atoms with E-state index in [0.29, 0.717) is 17.0 Å². The van der Waals surface area contributed by atoms with Crippen molar-refractivity contribution in [1.82, 2.24) is 10.3 Å². The van der Waals surface area contributed by atoms with Gasteiger partial charge in [-0.3, -0.25) is 0 Å². The molecule has 1 atom stereocenters. The minimum Gasteiger partial charge on any atom is -0.437 e. The van der Waals surface area contributed by atoms with Crippen molar-refractivity contribution in [3.8, 4) is 0 Å². The first kappa shape index (κ1) is 12.3. The van der Waals surface area contributed by atoms with Gasteiger partial charge < -0.3 is 9.73 Å². The van der Waals surface area contributed by atoms with Crippen LogP contribution in [0.1, 0.15) is 22.4 Å². The average molecular weight is 309 g/mol. The second kappa shape index (κ2) is 4.55. The Morgan fingerprint density at radius 3 is 3.25 bits per heavy atom. The zero-order valence-electron chi connectivity index (χ0n) is 10.3. The van der Waals surface area contributed by atoms with E-state index >= 15 is 0 Å². The molecule has 4 rings (SSSR count). The summed E-state index contributed by atoms with van der Waals surface area (Å²) in [7, 11) is 0. The quantitative estimate of drug-likeness (QED) is 0.740. The lowest BCUT2D eigenvalue weighted by molar-refractivity contribution is 0.442. The van der Waals surface area contributed by atoms with Gasteiger partial charge in [0.2, 0.25) is 5.89 Å². The molecule has 0 fully saturated rings. The third-order valence-electron chi connectivity index (χ3n) is 3.46. The molecule has 1 aliphatic rings. The highest BCUT2D eigenvalue weighted by atomic mass is 35.5. The van der Waals surface area contributed by atoms with Crippen molar-refractivity contribution >= 4 is 34.0 Å². The predicted octanol–water partition coefficient (Wildman–Crippen LogP) is 3.92. The second-order valence-electron chi connectivity index (χ2n) is 4.72. The van der Waals surface area contributed by atoms with Crippen LogP contribution in [-0.4, -0.2) is 11.5 Å². The van der Waals surface area contributed by atoms with Crippen LogP contribution in [0.4, 0.5) is 4.39 Å². The maximum Gasteiger partial charge on any atom is 0.217 e.